The molecule has 1 aromatic carbocycles. The molecule has 7 nitrogen and oxygen atoms in total. The lowest BCUT2D eigenvalue weighted by Gasteiger charge is -2.03. The van der Waals surface area contributed by atoms with E-state index in [9.17, 15) is 14.4 Å². The summed E-state index contributed by atoms with van der Waals surface area (Å²) in [6, 6.07) is 4.79. The van der Waals surface area contributed by atoms with Crippen LogP contribution >= 0.6 is 0 Å². The second kappa shape index (κ2) is 5.50. The number of benzene rings is 1. The van der Waals surface area contributed by atoms with Crippen LogP contribution in [0, 0.1) is 0 Å². The van der Waals surface area contributed by atoms with E-state index in [-0.39, 0.29) is 5.56 Å². The minimum absolute atomic E-state index is 0.144. The van der Waals surface area contributed by atoms with Crippen molar-refractivity contribution in [1.82, 2.24) is 5.32 Å². The number of rotatable bonds is 2. The number of alkyl carbamates (subject to hydrolysis) is 1. The highest BCUT2D eigenvalue weighted by atomic mass is 16.6. The van der Waals surface area contributed by atoms with Crippen molar-refractivity contribution in [2.45, 2.75) is 0 Å². The number of methoxy groups -OCH3 is 1. The molecule has 0 saturated heterocycles. The smallest absolute Gasteiger partial charge is 0.423 e. The molecule has 3 N–H and O–H groups in total. The number of urea groups is 1. The van der Waals surface area contributed by atoms with E-state index < -0.39 is 18.1 Å². The molecule has 0 spiro atoms. The van der Waals surface area contributed by atoms with Gasteiger partial charge in [-0.3, -0.25) is 0 Å². The molecule has 0 atom stereocenters. The van der Waals surface area contributed by atoms with E-state index in [0.29, 0.717) is 5.75 Å². The molecule has 1 rings (SSSR count). The number of amides is 3. The van der Waals surface area contributed by atoms with E-state index >= 15 is 0 Å². The van der Waals surface area contributed by atoms with Gasteiger partial charge in [0, 0.05) is 0 Å². The number of hydrogen-bond acceptors (Lipinski definition) is 5. The molecule has 0 radical (unpaired) electrons. The summed E-state index contributed by atoms with van der Waals surface area (Å²) < 4.78 is 9.18. The average molecular weight is 238 g/mol. The number of imide groups is 1. The normalized spacial score (nSPS) is 9.24. The number of primary amides is 1. The highest BCUT2D eigenvalue weighted by Gasteiger charge is 2.13. The van der Waals surface area contributed by atoms with Crippen LogP contribution in [0.5, 0.6) is 5.75 Å². The minimum Gasteiger partial charge on any atom is -0.497 e. The van der Waals surface area contributed by atoms with Gasteiger partial charge >= 0.3 is 18.1 Å². The zero-order valence-electron chi connectivity index (χ0n) is 8.93. The zero-order valence-corrected chi connectivity index (χ0v) is 8.93. The Bertz CT molecular complexity index is 441. The fourth-order valence-electron chi connectivity index (χ4n) is 0.996. The fraction of sp³-hybridized carbons (Fsp3) is 0.100. The van der Waals surface area contributed by atoms with Gasteiger partial charge < -0.3 is 15.2 Å². The fourth-order valence-corrected chi connectivity index (χ4v) is 0.996. The molecular formula is C10H10N2O5. The molecule has 0 aromatic heterocycles. The summed E-state index contributed by atoms with van der Waals surface area (Å²) >= 11 is 0. The summed E-state index contributed by atoms with van der Waals surface area (Å²) in [5, 5.41) is 1.60. The molecule has 0 aliphatic heterocycles. The van der Waals surface area contributed by atoms with E-state index in [2.05, 4.69) is 10.5 Å². The van der Waals surface area contributed by atoms with Crippen molar-refractivity contribution in [3.63, 3.8) is 0 Å². The first-order chi connectivity index (χ1) is 8.02. The Morgan fingerprint density at radius 2 is 1.76 bits per heavy atom. The summed E-state index contributed by atoms with van der Waals surface area (Å²) in [5.74, 6) is -0.338. The van der Waals surface area contributed by atoms with Crippen LogP contribution in [0.25, 0.3) is 0 Å². The van der Waals surface area contributed by atoms with Gasteiger partial charge in [0.1, 0.15) is 5.75 Å². The van der Waals surface area contributed by atoms with Crippen LogP contribution in [-0.2, 0) is 4.74 Å². The van der Waals surface area contributed by atoms with Gasteiger partial charge in [0.15, 0.2) is 0 Å². The maximum Gasteiger partial charge on any atom is 0.423 e. The third kappa shape index (κ3) is 3.82. The summed E-state index contributed by atoms with van der Waals surface area (Å²) in [4.78, 5) is 32.5. The van der Waals surface area contributed by atoms with Gasteiger partial charge in [0.25, 0.3) is 0 Å². The van der Waals surface area contributed by atoms with Crippen molar-refractivity contribution in [2.75, 3.05) is 7.11 Å². The Morgan fingerprint density at radius 3 is 2.24 bits per heavy atom. The summed E-state index contributed by atoms with van der Waals surface area (Å²) in [7, 11) is 1.48. The zero-order chi connectivity index (χ0) is 12.8. The predicted octanol–water partition coefficient (Wildman–Crippen LogP) is 0.640. The van der Waals surface area contributed by atoms with Crippen molar-refractivity contribution < 1.29 is 23.9 Å². The topological polar surface area (TPSA) is 108 Å². The summed E-state index contributed by atoms with van der Waals surface area (Å²) in [6.07, 6.45) is -1.22. The van der Waals surface area contributed by atoms with Gasteiger partial charge in [-0.2, -0.15) is 0 Å². The molecule has 0 bridgehead atoms. The van der Waals surface area contributed by atoms with Crippen LogP contribution in [0.3, 0.4) is 0 Å². The maximum absolute atomic E-state index is 11.4. The first-order valence-corrected chi connectivity index (χ1v) is 4.49. The molecule has 0 unspecified atom stereocenters. The quantitative estimate of drug-likeness (QED) is 0.580. The van der Waals surface area contributed by atoms with Gasteiger partial charge in [0.05, 0.1) is 12.7 Å². The molecule has 90 valence electrons. The van der Waals surface area contributed by atoms with Gasteiger partial charge in [0.2, 0.25) is 0 Å². The van der Waals surface area contributed by atoms with E-state index in [1.807, 2.05) is 0 Å². The highest BCUT2D eigenvalue weighted by molar-refractivity contribution is 6.00. The third-order valence-electron chi connectivity index (χ3n) is 1.74. The molecular weight excluding hydrogens is 228 g/mol. The number of ether oxygens (including phenoxy) is 2. The lowest BCUT2D eigenvalue weighted by atomic mass is 10.2. The molecule has 0 heterocycles. The third-order valence-corrected chi connectivity index (χ3v) is 1.74. The van der Waals surface area contributed by atoms with Gasteiger partial charge in [-0.25, -0.2) is 19.7 Å². The van der Waals surface area contributed by atoms with Crippen LogP contribution in [0.4, 0.5) is 9.59 Å². The first-order valence-electron chi connectivity index (χ1n) is 4.49. The van der Waals surface area contributed by atoms with Crippen molar-refractivity contribution in [1.29, 1.82) is 0 Å². The number of nitrogens with two attached hydrogens (primary N) is 1. The molecule has 3 amide bonds. The lowest BCUT2D eigenvalue weighted by molar-refractivity contribution is 0.0628. The Hall–Kier alpha value is -2.57. The van der Waals surface area contributed by atoms with Crippen LogP contribution < -0.4 is 15.8 Å². The largest absolute Gasteiger partial charge is 0.497 e. The first kappa shape index (κ1) is 12.5. The van der Waals surface area contributed by atoms with E-state index in [1.54, 1.807) is 5.32 Å². The molecule has 1 aromatic rings. The maximum atomic E-state index is 11.4. The predicted molar refractivity (Wildman–Crippen MR) is 56.5 cm³/mol. The monoisotopic (exact) mass is 238 g/mol. The number of esters is 1. The number of hydrogen-bond donors (Lipinski definition) is 2. The van der Waals surface area contributed by atoms with Crippen molar-refractivity contribution >= 4 is 18.1 Å². The average Bonchev–Trinajstić information content (AvgIpc) is 2.28. The van der Waals surface area contributed by atoms with Crippen LogP contribution in [-0.4, -0.2) is 25.2 Å². The van der Waals surface area contributed by atoms with E-state index in [4.69, 9.17) is 4.74 Å². The molecule has 0 fully saturated rings. The van der Waals surface area contributed by atoms with Crippen LogP contribution in [0.2, 0.25) is 0 Å². The second-order valence-corrected chi connectivity index (χ2v) is 2.89. The van der Waals surface area contributed by atoms with E-state index in [1.165, 1.54) is 31.4 Å². The molecule has 17 heavy (non-hydrogen) atoms. The molecule has 0 aliphatic rings. The second-order valence-electron chi connectivity index (χ2n) is 2.89. The Labute approximate surface area is 96.5 Å². The minimum atomic E-state index is -1.22. The van der Waals surface area contributed by atoms with Gasteiger partial charge in [-0.15, -0.1) is 0 Å². The Balaban J connectivity index is 2.63. The lowest BCUT2D eigenvalue weighted by Crippen LogP contribution is -2.36. The van der Waals surface area contributed by atoms with Crippen molar-refractivity contribution in [2.24, 2.45) is 5.73 Å². The summed E-state index contributed by atoms with van der Waals surface area (Å²) in [5.41, 5.74) is 4.81. The van der Waals surface area contributed by atoms with Gasteiger partial charge in [-0.1, -0.05) is 0 Å². The SMILES string of the molecule is COc1ccc(C(=O)OC(=O)NC(N)=O)cc1. The van der Waals surface area contributed by atoms with Crippen LogP contribution in [0.1, 0.15) is 10.4 Å². The number of nitrogens with one attached hydrogen (secondary N) is 1. The number of carbonyl (C=O) groups excluding carboxylic acids is 3. The Morgan fingerprint density at radius 1 is 1.18 bits per heavy atom. The molecule has 0 saturated carbocycles. The van der Waals surface area contributed by atoms with Crippen LogP contribution in [0.15, 0.2) is 24.3 Å². The highest BCUT2D eigenvalue weighted by Crippen LogP contribution is 2.11. The Kier molecular flexibility index (Phi) is 4.04. The van der Waals surface area contributed by atoms with Gasteiger partial charge in [-0.05, 0) is 24.3 Å². The summed E-state index contributed by atoms with van der Waals surface area (Å²) in [6.45, 7) is 0. The van der Waals surface area contributed by atoms with Crippen molar-refractivity contribution in [3.05, 3.63) is 29.8 Å². The number of carbonyl (C=O) groups is 3. The molecule has 0 aliphatic carbocycles. The van der Waals surface area contributed by atoms with E-state index in [0.717, 1.165) is 0 Å². The van der Waals surface area contributed by atoms with Crippen molar-refractivity contribution in [3.8, 4) is 5.75 Å². The standard InChI is InChI=1S/C10H10N2O5/c1-16-7-4-2-6(3-5-7)8(13)17-10(15)12-9(11)14/h2-5H,1H3,(H3,11,12,14,15). The molecule has 7 heteroatoms.